The SMILES string of the molecule is N#COC(F)CN1CCC(Nc2nc3ccccc3n2Cc2ccc(F)cc2)CC1. The highest BCUT2D eigenvalue weighted by Crippen LogP contribution is 2.24. The number of alkyl halides is 1. The molecule has 1 fully saturated rings. The average molecular weight is 411 g/mol. The van der Waals surface area contributed by atoms with E-state index in [1.807, 2.05) is 29.2 Å². The van der Waals surface area contributed by atoms with Crippen molar-refractivity contribution in [1.29, 1.82) is 5.26 Å². The summed E-state index contributed by atoms with van der Waals surface area (Å²) in [5.41, 5.74) is 2.90. The average Bonchev–Trinajstić information content (AvgIpc) is 3.08. The molecule has 1 aliphatic rings. The fourth-order valence-corrected chi connectivity index (χ4v) is 3.86. The second-order valence-electron chi connectivity index (χ2n) is 7.48. The lowest BCUT2D eigenvalue weighted by molar-refractivity contribution is 0.0000991. The van der Waals surface area contributed by atoms with Crippen LogP contribution in [-0.4, -0.2) is 46.5 Å². The van der Waals surface area contributed by atoms with E-state index in [1.165, 1.54) is 18.4 Å². The van der Waals surface area contributed by atoms with E-state index < -0.39 is 6.36 Å². The van der Waals surface area contributed by atoms with Crippen LogP contribution in [0.3, 0.4) is 0 Å². The van der Waals surface area contributed by atoms with Gasteiger partial charge in [0, 0.05) is 19.1 Å². The minimum absolute atomic E-state index is 0.101. The smallest absolute Gasteiger partial charge is 0.289 e. The Kier molecular flexibility index (Phi) is 6.10. The number of para-hydroxylation sites is 2. The number of benzene rings is 2. The Labute approximate surface area is 173 Å². The van der Waals surface area contributed by atoms with Gasteiger partial charge in [-0.2, -0.15) is 9.65 Å². The molecular formula is C22H23F2N5O. The zero-order chi connectivity index (χ0) is 20.9. The van der Waals surface area contributed by atoms with Crippen molar-refractivity contribution in [3.05, 3.63) is 59.9 Å². The van der Waals surface area contributed by atoms with Crippen molar-refractivity contribution in [3.63, 3.8) is 0 Å². The molecule has 1 N–H and O–H groups in total. The highest BCUT2D eigenvalue weighted by atomic mass is 19.1. The van der Waals surface area contributed by atoms with Crippen LogP contribution < -0.4 is 5.32 Å². The first-order chi connectivity index (χ1) is 14.6. The first kappa shape index (κ1) is 20.1. The summed E-state index contributed by atoms with van der Waals surface area (Å²) in [6, 6.07) is 14.6. The number of hydrogen-bond donors (Lipinski definition) is 1. The maximum absolute atomic E-state index is 13.5. The Morgan fingerprint density at radius 1 is 1.17 bits per heavy atom. The van der Waals surface area contributed by atoms with Crippen LogP contribution in [0.2, 0.25) is 0 Å². The number of nitrogens with one attached hydrogen (secondary N) is 1. The molecule has 0 spiro atoms. The van der Waals surface area contributed by atoms with Gasteiger partial charge in [0.2, 0.25) is 5.95 Å². The van der Waals surface area contributed by atoms with E-state index in [0.717, 1.165) is 35.4 Å². The highest BCUT2D eigenvalue weighted by molar-refractivity contribution is 5.78. The van der Waals surface area contributed by atoms with Gasteiger partial charge in [-0.05, 0) is 42.7 Å². The number of nitrogens with zero attached hydrogens (tertiary/aromatic N) is 4. The molecule has 2 heterocycles. The van der Waals surface area contributed by atoms with Gasteiger partial charge in [0.05, 0.1) is 24.1 Å². The van der Waals surface area contributed by atoms with Crippen molar-refractivity contribution in [2.45, 2.75) is 31.8 Å². The Morgan fingerprint density at radius 3 is 2.63 bits per heavy atom. The molecule has 4 rings (SSSR count). The highest BCUT2D eigenvalue weighted by Gasteiger charge is 2.23. The quantitative estimate of drug-likeness (QED) is 0.598. The summed E-state index contributed by atoms with van der Waals surface area (Å²) in [5, 5.41) is 12.0. The zero-order valence-electron chi connectivity index (χ0n) is 16.5. The van der Waals surface area contributed by atoms with Crippen LogP contribution in [0, 0.1) is 17.3 Å². The van der Waals surface area contributed by atoms with Crippen LogP contribution in [0.1, 0.15) is 18.4 Å². The zero-order valence-corrected chi connectivity index (χ0v) is 16.5. The molecule has 30 heavy (non-hydrogen) atoms. The van der Waals surface area contributed by atoms with Crippen molar-refractivity contribution < 1.29 is 13.5 Å². The number of halogens is 2. The number of anilines is 1. The molecule has 0 amide bonds. The Hall–Kier alpha value is -3.18. The molecule has 156 valence electrons. The van der Waals surface area contributed by atoms with E-state index in [-0.39, 0.29) is 18.4 Å². The monoisotopic (exact) mass is 411 g/mol. The number of aromatic nitrogens is 2. The number of ether oxygens (including phenoxy) is 1. The molecule has 2 aromatic carbocycles. The molecule has 1 aliphatic heterocycles. The van der Waals surface area contributed by atoms with E-state index in [4.69, 9.17) is 10.2 Å². The fourth-order valence-electron chi connectivity index (χ4n) is 3.86. The molecule has 0 aliphatic carbocycles. The fraction of sp³-hybridized carbons (Fsp3) is 0.364. The van der Waals surface area contributed by atoms with E-state index in [9.17, 15) is 8.78 Å². The molecule has 3 aromatic rings. The third-order valence-corrected chi connectivity index (χ3v) is 5.41. The standard InChI is InChI=1S/C22H23F2N5O/c23-17-7-5-16(6-8-17)13-29-20-4-2-1-3-19(20)27-22(29)26-18-9-11-28(12-10-18)14-21(24)30-15-25/h1-8,18,21H,9-14H2,(H,26,27). The molecule has 0 bridgehead atoms. The summed E-state index contributed by atoms with van der Waals surface area (Å²) < 4.78 is 33.2. The first-order valence-corrected chi connectivity index (χ1v) is 10.00. The van der Waals surface area contributed by atoms with Crippen molar-refractivity contribution >= 4 is 17.0 Å². The molecule has 0 saturated carbocycles. The maximum Gasteiger partial charge on any atom is 0.289 e. The van der Waals surface area contributed by atoms with E-state index in [0.29, 0.717) is 19.6 Å². The number of piperidine rings is 1. The second-order valence-corrected chi connectivity index (χ2v) is 7.48. The molecule has 1 aromatic heterocycles. The van der Waals surface area contributed by atoms with Crippen LogP contribution in [0.25, 0.3) is 11.0 Å². The number of imidazole rings is 1. The minimum atomic E-state index is -1.58. The summed E-state index contributed by atoms with van der Waals surface area (Å²) in [4.78, 5) is 6.72. The largest absolute Gasteiger partial charge is 0.389 e. The van der Waals surface area contributed by atoms with Gasteiger partial charge in [0.1, 0.15) is 5.82 Å². The van der Waals surface area contributed by atoms with Gasteiger partial charge in [-0.1, -0.05) is 24.3 Å². The predicted molar refractivity (Wildman–Crippen MR) is 110 cm³/mol. The van der Waals surface area contributed by atoms with Crippen LogP contribution in [-0.2, 0) is 11.3 Å². The third-order valence-electron chi connectivity index (χ3n) is 5.41. The van der Waals surface area contributed by atoms with Gasteiger partial charge in [-0.25, -0.2) is 9.37 Å². The van der Waals surface area contributed by atoms with E-state index in [1.54, 1.807) is 12.1 Å². The lowest BCUT2D eigenvalue weighted by Gasteiger charge is -2.32. The third kappa shape index (κ3) is 4.69. The summed E-state index contributed by atoms with van der Waals surface area (Å²) in [5.74, 6) is 0.519. The van der Waals surface area contributed by atoms with Crippen molar-refractivity contribution in [3.8, 4) is 6.26 Å². The van der Waals surface area contributed by atoms with Gasteiger partial charge < -0.3 is 14.6 Å². The van der Waals surface area contributed by atoms with Crippen molar-refractivity contribution in [1.82, 2.24) is 14.5 Å². The van der Waals surface area contributed by atoms with Gasteiger partial charge in [-0.15, -0.1) is 0 Å². The minimum Gasteiger partial charge on any atom is -0.389 e. The van der Waals surface area contributed by atoms with Gasteiger partial charge in [0.25, 0.3) is 12.6 Å². The lowest BCUT2D eigenvalue weighted by Crippen LogP contribution is -2.42. The Balaban J connectivity index is 1.47. The lowest BCUT2D eigenvalue weighted by atomic mass is 10.1. The van der Waals surface area contributed by atoms with Gasteiger partial charge in [-0.3, -0.25) is 4.90 Å². The summed E-state index contributed by atoms with van der Waals surface area (Å²) in [7, 11) is 0. The molecule has 1 unspecified atom stereocenters. The summed E-state index contributed by atoms with van der Waals surface area (Å²) >= 11 is 0. The first-order valence-electron chi connectivity index (χ1n) is 10.00. The normalized spacial score (nSPS) is 16.3. The molecule has 1 saturated heterocycles. The van der Waals surface area contributed by atoms with Gasteiger partial charge in [0.15, 0.2) is 0 Å². The molecule has 6 nitrogen and oxygen atoms in total. The Bertz CT molecular complexity index is 1020. The van der Waals surface area contributed by atoms with Crippen molar-refractivity contribution in [2.24, 2.45) is 0 Å². The number of hydrogen-bond acceptors (Lipinski definition) is 5. The summed E-state index contributed by atoms with van der Waals surface area (Å²) in [6.45, 7) is 2.11. The van der Waals surface area contributed by atoms with E-state index in [2.05, 4.69) is 14.6 Å². The van der Waals surface area contributed by atoms with Crippen LogP contribution in [0.5, 0.6) is 0 Å². The Morgan fingerprint density at radius 2 is 1.90 bits per heavy atom. The van der Waals surface area contributed by atoms with Gasteiger partial charge >= 0.3 is 0 Å². The molecular weight excluding hydrogens is 388 g/mol. The second kappa shape index (κ2) is 9.09. The number of rotatable bonds is 7. The van der Waals surface area contributed by atoms with E-state index >= 15 is 0 Å². The van der Waals surface area contributed by atoms with Crippen LogP contribution >= 0.6 is 0 Å². The topological polar surface area (TPSA) is 66.1 Å². The van der Waals surface area contributed by atoms with Crippen LogP contribution in [0.4, 0.5) is 14.7 Å². The number of likely N-dealkylation sites (tertiary alicyclic amines) is 1. The molecule has 0 radical (unpaired) electrons. The number of nitriles is 1. The van der Waals surface area contributed by atoms with Crippen molar-refractivity contribution in [2.75, 3.05) is 25.0 Å². The molecule has 1 atom stereocenters. The summed E-state index contributed by atoms with van der Waals surface area (Å²) in [6.07, 6.45) is 1.48. The predicted octanol–water partition coefficient (Wildman–Crippen LogP) is 3.89. The molecule has 8 heteroatoms. The number of fused-ring (bicyclic) bond motifs is 1. The van der Waals surface area contributed by atoms with Crippen LogP contribution in [0.15, 0.2) is 48.5 Å². The maximum atomic E-state index is 13.5.